The molecule has 0 spiro atoms. The molecule has 1 saturated heterocycles. The fourth-order valence-corrected chi connectivity index (χ4v) is 2.33. The molecule has 0 saturated carbocycles. The number of hydrogen-bond donors (Lipinski definition) is 1. The number of phenolic OH excluding ortho intramolecular Hbond substituents is 1. The number of benzene rings is 1. The van der Waals surface area contributed by atoms with Crippen LogP contribution in [0.2, 0.25) is 5.02 Å². The molecule has 0 aliphatic carbocycles. The molecule has 4 heteroatoms. The second-order valence-corrected chi connectivity index (χ2v) is 4.78. The lowest BCUT2D eigenvalue weighted by atomic mass is 10.1. The van der Waals surface area contributed by atoms with Crippen LogP contribution in [0, 0.1) is 0 Å². The Kier molecular flexibility index (Phi) is 4.26. The van der Waals surface area contributed by atoms with Gasteiger partial charge < -0.3 is 9.84 Å². The Morgan fingerprint density at radius 1 is 1.53 bits per heavy atom. The average Bonchev–Trinajstić information content (AvgIpc) is 2.34. The van der Waals surface area contributed by atoms with E-state index in [-0.39, 0.29) is 5.75 Å². The largest absolute Gasteiger partial charge is 0.508 e. The number of rotatable bonds is 3. The highest BCUT2D eigenvalue weighted by Crippen LogP contribution is 2.27. The van der Waals surface area contributed by atoms with Crippen molar-refractivity contribution in [2.45, 2.75) is 26.0 Å². The molecule has 1 heterocycles. The molecule has 1 aliphatic heterocycles. The van der Waals surface area contributed by atoms with Crippen LogP contribution in [0.1, 0.15) is 18.9 Å². The molecule has 94 valence electrons. The Balaban J connectivity index is 2.05. The van der Waals surface area contributed by atoms with E-state index in [0.717, 1.165) is 31.7 Å². The van der Waals surface area contributed by atoms with Crippen LogP contribution < -0.4 is 0 Å². The van der Waals surface area contributed by atoms with Crippen molar-refractivity contribution in [2.24, 2.45) is 0 Å². The molecule has 17 heavy (non-hydrogen) atoms. The minimum Gasteiger partial charge on any atom is -0.508 e. The first-order valence-electron chi connectivity index (χ1n) is 6.01. The summed E-state index contributed by atoms with van der Waals surface area (Å²) in [4.78, 5) is 2.28. The smallest absolute Gasteiger partial charge is 0.121 e. The maximum absolute atomic E-state index is 9.80. The molecule has 1 N–H and O–H groups in total. The van der Waals surface area contributed by atoms with Gasteiger partial charge in [0.25, 0.3) is 0 Å². The molecule has 0 amide bonds. The summed E-state index contributed by atoms with van der Waals surface area (Å²) in [6, 6.07) is 5.25. The van der Waals surface area contributed by atoms with Gasteiger partial charge in [0.1, 0.15) is 5.75 Å². The van der Waals surface area contributed by atoms with Crippen molar-refractivity contribution < 1.29 is 9.84 Å². The van der Waals surface area contributed by atoms with Crippen molar-refractivity contribution in [3.63, 3.8) is 0 Å². The highest BCUT2D eigenvalue weighted by molar-refractivity contribution is 6.31. The summed E-state index contributed by atoms with van der Waals surface area (Å²) in [6.45, 7) is 5.36. The van der Waals surface area contributed by atoms with Crippen LogP contribution in [-0.4, -0.2) is 35.8 Å². The number of halogens is 1. The molecular formula is C13H18ClNO2. The van der Waals surface area contributed by atoms with Gasteiger partial charge in [0.15, 0.2) is 0 Å². The van der Waals surface area contributed by atoms with Crippen LogP contribution in [0.4, 0.5) is 0 Å². The number of phenols is 1. The maximum Gasteiger partial charge on any atom is 0.121 e. The first-order chi connectivity index (χ1) is 8.20. The number of morpholine rings is 1. The number of aromatic hydroxyl groups is 1. The summed E-state index contributed by atoms with van der Waals surface area (Å²) in [7, 11) is 0. The van der Waals surface area contributed by atoms with Gasteiger partial charge in [-0.3, -0.25) is 4.90 Å². The van der Waals surface area contributed by atoms with Crippen molar-refractivity contribution in [3.8, 4) is 5.75 Å². The Morgan fingerprint density at radius 2 is 2.35 bits per heavy atom. The van der Waals surface area contributed by atoms with E-state index in [1.807, 2.05) is 6.07 Å². The Hall–Kier alpha value is -0.770. The zero-order valence-electron chi connectivity index (χ0n) is 10.0. The standard InChI is InChI=1S/C13H18ClNO2/c1-2-10-8-15(6-7-17-10)9-11-12(14)4-3-5-13(11)16/h3-5,10,16H,2,6-9H2,1H3. The predicted octanol–water partition coefficient (Wildman–Crippen LogP) is 2.66. The minimum atomic E-state index is 0.275. The summed E-state index contributed by atoms with van der Waals surface area (Å²) in [5, 5.41) is 10.4. The lowest BCUT2D eigenvalue weighted by Gasteiger charge is -2.32. The van der Waals surface area contributed by atoms with E-state index in [4.69, 9.17) is 16.3 Å². The van der Waals surface area contributed by atoms with E-state index >= 15 is 0 Å². The molecule has 3 nitrogen and oxygen atoms in total. The second-order valence-electron chi connectivity index (χ2n) is 4.37. The third-order valence-electron chi connectivity index (χ3n) is 3.15. The minimum absolute atomic E-state index is 0.275. The lowest BCUT2D eigenvalue weighted by molar-refractivity contribution is -0.0326. The molecule has 1 unspecified atom stereocenters. The Bertz CT molecular complexity index is 363. The molecule has 1 aromatic carbocycles. The van der Waals surface area contributed by atoms with E-state index in [0.29, 0.717) is 17.7 Å². The highest BCUT2D eigenvalue weighted by Gasteiger charge is 2.20. The Morgan fingerprint density at radius 3 is 3.06 bits per heavy atom. The topological polar surface area (TPSA) is 32.7 Å². The molecular weight excluding hydrogens is 238 g/mol. The number of hydrogen-bond acceptors (Lipinski definition) is 3. The van der Waals surface area contributed by atoms with Crippen LogP contribution >= 0.6 is 11.6 Å². The lowest BCUT2D eigenvalue weighted by Crippen LogP contribution is -2.41. The molecule has 0 radical (unpaired) electrons. The highest BCUT2D eigenvalue weighted by atomic mass is 35.5. The third kappa shape index (κ3) is 3.12. The summed E-state index contributed by atoms with van der Waals surface area (Å²) in [6.07, 6.45) is 1.32. The van der Waals surface area contributed by atoms with E-state index in [2.05, 4.69) is 11.8 Å². The van der Waals surface area contributed by atoms with Gasteiger partial charge in [-0.25, -0.2) is 0 Å². The molecule has 0 bridgehead atoms. The summed E-state index contributed by atoms with van der Waals surface area (Å²) < 4.78 is 5.62. The molecule has 0 aromatic heterocycles. The van der Waals surface area contributed by atoms with E-state index in [9.17, 15) is 5.11 Å². The van der Waals surface area contributed by atoms with E-state index in [1.165, 1.54) is 0 Å². The van der Waals surface area contributed by atoms with Gasteiger partial charge in [0, 0.05) is 30.2 Å². The predicted molar refractivity (Wildman–Crippen MR) is 68.4 cm³/mol. The Labute approximate surface area is 107 Å². The number of ether oxygens (including phenoxy) is 1. The quantitative estimate of drug-likeness (QED) is 0.901. The summed E-state index contributed by atoms with van der Waals surface area (Å²) in [5.74, 6) is 0.275. The fraction of sp³-hybridized carbons (Fsp3) is 0.538. The van der Waals surface area contributed by atoms with Crippen LogP contribution in [-0.2, 0) is 11.3 Å². The van der Waals surface area contributed by atoms with Crippen LogP contribution in [0.25, 0.3) is 0 Å². The van der Waals surface area contributed by atoms with Gasteiger partial charge in [-0.05, 0) is 18.6 Å². The van der Waals surface area contributed by atoms with Gasteiger partial charge >= 0.3 is 0 Å². The summed E-state index contributed by atoms with van der Waals surface area (Å²) in [5.41, 5.74) is 0.811. The SMILES string of the molecule is CCC1CN(Cc2c(O)cccc2Cl)CCO1. The molecule has 1 aliphatic rings. The van der Waals surface area contributed by atoms with Crippen molar-refractivity contribution in [1.82, 2.24) is 4.90 Å². The van der Waals surface area contributed by atoms with Gasteiger partial charge in [0.2, 0.25) is 0 Å². The van der Waals surface area contributed by atoms with Crippen LogP contribution in [0.3, 0.4) is 0 Å². The van der Waals surface area contributed by atoms with Gasteiger partial charge in [-0.2, -0.15) is 0 Å². The van der Waals surface area contributed by atoms with Crippen LogP contribution in [0.5, 0.6) is 5.75 Å². The maximum atomic E-state index is 9.80. The monoisotopic (exact) mass is 255 g/mol. The van der Waals surface area contributed by atoms with Crippen molar-refractivity contribution in [2.75, 3.05) is 19.7 Å². The van der Waals surface area contributed by atoms with Crippen molar-refractivity contribution >= 4 is 11.6 Å². The van der Waals surface area contributed by atoms with Crippen molar-refractivity contribution in [3.05, 3.63) is 28.8 Å². The molecule has 1 aromatic rings. The first kappa shape index (κ1) is 12.7. The molecule has 1 atom stereocenters. The van der Waals surface area contributed by atoms with Gasteiger partial charge in [-0.15, -0.1) is 0 Å². The zero-order chi connectivity index (χ0) is 12.3. The zero-order valence-corrected chi connectivity index (χ0v) is 10.8. The first-order valence-corrected chi connectivity index (χ1v) is 6.38. The van der Waals surface area contributed by atoms with E-state index < -0.39 is 0 Å². The molecule has 1 fully saturated rings. The average molecular weight is 256 g/mol. The van der Waals surface area contributed by atoms with Crippen LogP contribution in [0.15, 0.2) is 18.2 Å². The van der Waals surface area contributed by atoms with Crippen molar-refractivity contribution in [1.29, 1.82) is 0 Å². The second kappa shape index (κ2) is 5.71. The van der Waals surface area contributed by atoms with Gasteiger partial charge in [-0.1, -0.05) is 24.6 Å². The third-order valence-corrected chi connectivity index (χ3v) is 3.51. The normalized spacial score (nSPS) is 21.6. The number of nitrogens with zero attached hydrogens (tertiary/aromatic N) is 1. The fourth-order valence-electron chi connectivity index (χ4n) is 2.10. The van der Waals surface area contributed by atoms with E-state index in [1.54, 1.807) is 12.1 Å². The van der Waals surface area contributed by atoms with Gasteiger partial charge in [0.05, 0.1) is 12.7 Å². The molecule has 2 rings (SSSR count). The summed E-state index contributed by atoms with van der Waals surface area (Å²) >= 11 is 6.10.